The number of rotatable bonds is 9. The molecule has 0 radical (unpaired) electrons. The number of nitrogens with one attached hydrogen (secondary N) is 2. The minimum atomic E-state index is -1.01. The number of hydrogen-bond acceptors (Lipinski definition) is 5. The molecule has 0 saturated carbocycles. The van der Waals surface area contributed by atoms with E-state index in [0.29, 0.717) is 11.1 Å². The van der Waals surface area contributed by atoms with Gasteiger partial charge >= 0.3 is 5.97 Å². The van der Waals surface area contributed by atoms with Gasteiger partial charge in [-0.1, -0.05) is 48.5 Å². The Kier molecular flexibility index (Phi) is 8.77. The van der Waals surface area contributed by atoms with Gasteiger partial charge in [-0.25, -0.2) is 4.79 Å². The molecular weight excluding hydrogens is 384 g/mol. The second kappa shape index (κ2) is 11.5. The summed E-state index contributed by atoms with van der Waals surface area (Å²) in [6.45, 7) is 3.56. The summed E-state index contributed by atoms with van der Waals surface area (Å²) >= 11 is 0. The number of methoxy groups -OCH3 is 1. The molecule has 7 nitrogen and oxygen atoms in total. The van der Waals surface area contributed by atoms with Crippen LogP contribution in [0.4, 0.5) is 0 Å². The molecule has 0 saturated heterocycles. The third kappa shape index (κ3) is 6.86. The maximum absolute atomic E-state index is 12.8. The van der Waals surface area contributed by atoms with Crippen molar-refractivity contribution in [3.05, 3.63) is 83.1 Å². The highest BCUT2D eigenvalue weighted by Gasteiger charge is 2.25. The molecule has 2 N–H and O–H groups in total. The number of ether oxygens (including phenoxy) is 2. The molecule has 0 heterocycles. The molecule has 2 aromatic rings. The van der Waals surface area contributed by atoms with E-state index < -0.39 is 23.8 Å². The van der Waals surface area contributed by atoms with Gasteiger partial charge < -0.3 is 20.1 Å². The summed E-state index contributed by atoms with van der Waals surface area (Å²) in [6, 6.07) is 17.0. The number of carbonyl (C=O) groups excluding carboxylic acids is 3. The molecule has 0 aromatic heterocycles. The molecule has 30 heavy (non-hydrogen) atoms. The first-order valence-corrected chi connectivity index (χ1v) is 9.46. The van der Waals surface area contributed by atoms with Gasteiger partial charge in [-0.15, -0.1) is 0 Å². The molecular formula is C23H26N2O5. The number of esters is 1. The molecule has 0 aliphatic heterocycles. The number of hydrogen-bond donors (Lipinski definition) is 2. The molecule has 158 valence electrons. The minimum Gasteiger partial charge on any atom is -0.464 e. The lowest BCUT2D eigenvalue weighted by Gasteiger charge is -2.20. The van der Waals surface area contributed by atoms with Gasteiger partial charge in [0, 0.05) is 5.56 Å². The quantitative estimate of drug-likeness (QED) is 0.490. The Hall–Kier alpha value is -3.45. The predicted molar refractivity (Wildman–Crippen MR) is 112 cm³/mol. The van der Waals surface area contributed by atoms with Gasteiger partial charge in [0.2, 0.25) is 5.91 Å². The zero-order chi connectivity index (χ0) is 21.9. The van der Waals surface area contributed by atoms with Crippen molar-refractivity contribution in [1.82, 2.24) is 10.6 Å². The van der Waals surface area contributed by atoms with E-state index >= 15 is 0 Å². The van der Waals surface area contributed by atoms with Crippen molar-refractivity contribution in [2.24, 2.45) is 0 Å². The van der Waals surface area contributed by atoms with Crippen molar-refractivity contribution in [2.45, 2.75) is 26.5 Å². The van der Waals surface area contributed by atoms with Crippen molar-refractivity contribution < 1.29 is 23.9 Å². The highest BCUT2D eigenvalue weighted by molar-refractivity contribution is 6.00. The van der Waals surface area contributed by atoms with E-state index in [2.05, 4.69) is 10.6 Å². The van der Waals surface area contributed by atoms with E-state index in [4.69, 9.17) is 9.47 Å². The Balaban J connectivity index is 2.12. The highest BCUT2D eigenvalue weighted by atomic mass is 16.5. The maximum Gasteiger partial charge on any atom is 0.354 e. The minimum absolute atomic E-state index is 0.0320. The SMILES string of the molecule is COC(=O)C(NC(=O)[C@H](COCc1ccccc1)NC(=O)c1ccccc1)=C(C)C. The lowest BCUT2D eigenvalue weighted by Crippen LogP contribution is -2.50. The van der Waals surface area contributed by atoms with Crippen LogP contribution in [0.3, 0.4) is 0 Å². The zero-order valence-electron chi connectivity index (χ0n) is 17.3. The van der Waals surface area contributed by atoms with E-state index in [1.165, 1.54) is 7.11 Å². The van der Waals surface area contributed by atoms with E-state index in [1.807, 2.05) is 30.3 Å². The van der Waals surface area contributed by atoms with Crippen LogP contribution >= 0.6 is 0 Å². The van der Waals surface area contributed by atoms with Gasteiger partial charge in [-0.3, -0.25) is 9.59 Å². The molecule has 0 bridgehead atoms. The van der Waals surface area contributed by atoms with Crippen LogP contribution in [0.1, 0.15) is 29.8 Å². The summed E-state index contributed by atoms with van der Waals surface area (Å²) in [4.78, 5) is 37.3. The first kappa shape index (κ1) is 22.8. The lowest BCUT2D eigenvalue weighted by atomic mass is 10.2. The Morgan fingerprint density at radius 3 is 2.10 bits per heavy atom. The van der Waals surface area contributed by atoms with Crippen LogP contribution in [0.5, 0.6) is 0 Å². The summed E-state index contributed by atoms with van der Waals surface area (Å²) in [6.07, 6.45) is 0. The molecule has 0 spiro atoms. The Morgan fingerprint density at radius 2 is 1.53 bits per heavy atom. The van der Waals surface area contributed by atoms with Gasteiger partial charge in [0.1, 0.15) is 11.7 Å². The van der Waals surface area contributed by atoms with Crippen LogP contribution < -0.4 is 10.6 Å². The molecule has 0 aliphatic carbocycles. The van der Waals surface area contributed by atoms with Crippen molar-refractivity contribution in [3.8, 4) is 0 Å². The summed E-state index contributed by atoms with van der Waals surface area (Å²) in [5.41, 5.74) is 1.96. The lowest BCUT2D eigenvalue weighted by molar-refractivity contribution is -0.138. The normalized spacial score (nSPS) is 11.2. The third-order valence-corrected chi connectivity index (χ3v) is 4.19. The molecule has 2 rings (SSSR count). The standard InChI is InChI=1S/C23H26N2O5/c1-16(2)20(23(28)29-3)25-22(27)19(15-30-14-17-10-6-4-7-11-17)24-21(26)18-12-8-5-9-13-18/h4-13,19H,14-15H2,1-3H3,(H,24,26)(H,25,27)/t19-/m0/s1. The molecule has 2 aromatic carbocycles. The Bertz CT molecular complexity index is 890. The number of allylic oxidation sites excluding steroid dienone is 1. The van der Waals surface area contributed by atoms with Crippen molar-refractivity contribution in [2.75, 3.05) is 13.7 Å². The largest absolute Gasteiger partial charge is 0.464 e. The number of carbonyl (C=O) groups is 3. The first-order valence-electron chi connectivity index (χ1n) is 9.46. The fourth-order valence-electron chi connectivity index (χ4n) is 2.58. The summed E-state index contributed by atoms with van der Waals surface area (Å²) in [7, 11) is 1.23. The van der Waals surface area contributed by atoms with E-state index in [-0.39, 0.29) is 18.9 Å². The van der Waals surface area contributed by atoms with Crippen molar-refractivity contribution in [1.29, 1.82) is 0 Å². The number of amides is 2. The maximum atomic E-state index is 12.8. The zero-order valence-corrected chi connectivity index (χ0v) is 17.3. The number of benzene rings is 2. The average molecular weight is 410 g/mol. The van der Waals surface area contributed by atoms with Crippen LogP contribution in [0, 0.1) is 0 Å². The fraction of sp³-hybridized carbons (Fsp3) is 0.261. The van der Waals surface area contributed by atoms with Gasteiger partial charge in [0.15, 0.2) is 0 Å². The van der Waals surface area contributed by atoms with E-state index in [9.17, 15) is 14.4 Å². The van der Waals surface area contributed by atoms with Crippen LogP contribution in [0.25, 0.3) is 0 Å². The second-order valence-electron chi connectivity index (χ2n) is 6.75. The summed E-state index contributed by atoms with van der Waals surface area (Å²) < 4.78 is 10.4. The van der Waals surface area contributed by atoms with Crippen LogP contribution in [-0.2, 0) is 25.7 Å². The summed E-state index contributed by atoms with van der Waals surface area (Å²) in [5.74, 6) is -1.66. The molecule has 7 heteroatoms. The monoisotopic (exact) mass is 410 g/mol. The van der Waals surface area contributed by atoms with Gasteiger partial charge in [-0.2, -0.15) is 0 Å². The predicted octanol–water partition coefficient (Wildman–Crippen LogP) is 2.58. The van der Waals surface area contributed by atoms with Crippen LogP contribution in [0.15, 0.2) is 71.9 Å². The average Bonchev–Trinajstić information content (AvgIpc) is 2.77. The highest BCUT2D eigenvalue weighted by Crippen LogP contribution is 2.06. The molecule has 0 aliphatic rings. The molecule has 1 atom stereocenters. The smallest absolute Gasteiger partial charge is 0.354 e. The topological polar surface area (TPSA) is 93.7 Å². The van der Waals surface area contributed by atoms with Crippen molar-refractivity contribution in [3.63, 3.8) is 0 Å². The second-order valence-corrected chi connectivity index (χ2v) is 6.75. The summed E-state index contributed by atoms with van der Waals surface area (Å²) in [5, 5.41) is 5.21. The third-order valence-electron chi connectivity index (χ3n) is 4.19. The van der Waals surface area contributed by atoms with Crippen molar-refractivity contribution >= 4 is 17.8 Å². The fourth-order valence-corrected chi connectivity index (χ4v) is 2.58. The van der Waals surface area contributed by atoms with Crippen LogP contribution in [0.2, 0.25) is 0 Å². The van der Waals surface area contributed by atoms with E-state index in [0.717, 1.165) is 5.56 Å². The molecule has 0 unspecified atom stereocenters. The molecule has 0 fully saturated rings. The molecule has 2 amide bonds. The van der Waals surface area contributed by atoms with Gasteiger partial charge in [0.05, 0.1) is 20.3 Å². The van der Waals surface area contributed by atoms with Gasteiger partial charge in [-0.05, 0) is 37.1 Å². The van der Waals surface area contributed by atoms with Crippen LogP contribution in [-0.4, -0.2) is 37.5 Å². The Morgan fingerprint density at radius 1 is 0.933 bits per heavy atom. The Labute approximate surface area is 176 Å². The van der Waals surface area contributed by atoms with Gasteiger partial charge in [0.25, 0.3) is 5.91 Å². The van der Waals surface area contributed by atoms with E-state index in [1.54, 1.807) is 44.2 Å². The first-order chi connectivity index (χ1) is 14.4.